The fourth-order valence-electron chi connectivity index (χ4n) is 2.03. The summed E-state index contributed by atoms with van der Waals surface area (Å²) < 4.78 is 47.1. The molecule has 2 rings (SSSR count). The highest BCUT2D eigenvalue weighted by Gasteiger charge is 2.10. The molecule has 0 aromatic heterocycles. The lowest BCUT2D eigenvalue weighted by molar-refractivity contribution is -0.111. The van der Waals surface area contributed by atoms with Gasteiger partial charge in [0, 0.05) is 17.3 Å². The molecule has 0 radical (unpaired) electrons. The second-order valence-corrected chi connectivity index (χ2v) is 5.05. The van der Waals surface area contributed by atoms with Gasteiger partial charge in [0.05, 0.1) is 12.8 Å². The zero-order chi connectivity index (χ0) is 19.8. The van der Waals surface area contributed by atoms with Crippen LogP contribution in [0, 0.1) is 5.82 Å². The average Bonchev–Trinajstić information content (AvgIpc) is 2.63. The van der Waals surface area contributed by atoms with Crippen LogP contribution in [-0.4, -0.2) is 25.7 Å². The summed E-state index contributed by atoms with van der Waals surface area (Å²) in [6, 6.07) is 9.50. The fourth-order valence-corrected chi connectivity index (χ4v) is 2.03. The van der Waals surface area contributed by atoms with Crippen molar-refractivity contribution >= 4 is 29.5 Å². The van der Waals surface area contributed by atoms with Crippen molar-refractivity contribution in [3.63, 3.8) is 0 Å². The quantitative estimate of drug-likeness (QED) is 0.735. The van der Waals surface area contributed by atoms with Crippen LogP contribution in [-0.2, 0) is 9.53 Å². The predicted octanol–water partition coefficient (Wildman–Crippen LogP) is 4.26. The van der Waals surface area contributed by atoms with Gasteiger partial charge in [-0.2, -0.15) is 8.78 Å². The maximum Gasteiger partial charge on any atom is 0.411 e. The van der Waals surface area contributed by atoms with Crippen LogP contribution in [0.4, 0.5) is 29.3 Å². The molecule has 9 heteroatoms. The topological polar surface area (TPSA) is 76.7 Å². The minimum atomic E-state index is -2.99. The molecule has 0 aliphatic carbocycles. The van der Waals surface area contributed by atoms with E-state index in [-0.39, 0.29) is 22.7 Å². The average molecular weight is 380 g/mol. The second-order valence-electron chi connectivity index (χ2n) is 5.05. The lowest BCUT2D eigenvalue weighted by atomic mass is 10.2. The van der Waals surface area contributed by atoms with Crippen LogP contribution in [0.2, 0.25) is 0 Å². The summed E-state index contributed by atoms with van der Waals surface area (Å²) in [4.78, 5) is 23.2. The van der Waals surface area contributed by atoms with Gasteiger partial charge >= 0.3 is 12.7 Å². The predicted molar refractivity (Wildman–Crippen MR) is 93.2 cm³/mol. The molecular weight excluding hydrogens is 365 g/mol. The van der Waals surface area contributed by atoms with Crippen molar-refractivity contribution in [2.45, 2.75) is 6.61 Å². The number of anilines is 2. The minimum absolute atomic E-state index is 0.0807. The Balaban J connectivity index is 2.09. The van der Waals surface area contributed by atoms with Gasteiger partial charge in [-0.15, -0.1) is 0 Å². The van der Waals surface area contributed by atoms with Gasteiger partial charge in [-0.1, -0.05) is 18.2 Å². The lowest BCUT2D eigenvalue weighted by Gasteiger charge is -2.09. The van der Waals surface area contributed by atoms with E-state index < -0.39 is 24.4 Å². The van der Waals surface area contributed by atoms with E-state index in [2.05, 4.69) is 20.1 Å². The third kappa shape index (κ3) is 6.07. The molecule has 2 aromatic carbocycles. The zero-order valence-electron chi connectivity index (χ0n) is 14.0. The summed E-state index contributed by atoms with van der Waals surface area (Å²) in [5.41, 5.74) is 0.300. The van der Waals surface area contributed by atoms with Crippen LogP contribution in [0.1, 0.15) is 5.56 Å². The molecule has 142 valence electrons. The summed E-state index contributed by atoms with van der Waals surface area (Å²) in [7, 11) is 1.12. The van der Waals surface area contributed by atoms with Crippen LogP contribution in [0.25, 0.3) is 6.08 Å². The number of carbonyl (C=O) groups excluding carboxylic acids is 2. The van der Waals surface area contributed by atoms with E-state index in [4.69, 9.17) is 0 Å². The maximum absolute atomic E-state index is 13.6. The Bertz CT molecular complexity index is 856. The first-order valence-corrected chi connectivity index (χ1v) is 7.56. The number of nitrogens with one attached hydrogen (secondary N) is 2. The second kappa shape index (κ2) is 9.27. The molecule has 0 aliphatic heterocycles. The summed E-state index contributed by atoms with van der Waals surface area (Å²) in [5.74, 6) is -1.40. The highest BCUT2D eigenvalue weighted by atomic mass is 19.3. The highest BCUT2D eigenvalue weighted by molar-refractivity contribution is 6.02. The fraction of sp³-hybridized carbons (Fsp3) is 0.111. The minimum Gasteiger partial charge on any atom is -0.453 e. The number of para-hydroxylation sites is 1. The Kier molecular flexibility index (Phi) is 6.81. The number of amides is 2. The monoisotopic (exact) mass is 380 g/mol. The van der Waals surface area contributed by atoms with Crippen molar-refractivity contribution in [3.8, 4) is 5.75 Å². The Morgan fingerprint density at radius 2 is 1.85 bits per heavy atom. The van der Waals surface area contributed by atoms with Gasteiger partial charge < -0.3 is 14.8 Å². The van der Waals surface area contributed by atoms with Gasteiger partial charge in [-0.3, -0.25) is 10.1 Å². The normalized spacial score (nSPS) is 10.7. The number of rotatable bonds is 6. The molecule has 0 heterocycles. The van der Waals surface area contributed by atoms with Crippen LogP contribution >= 0.6 is 0 Å². The summed E-state index contributed by atoms with van der Waals surface area (Å²) in [5, 5.41) is 4.62. The SMILES string of the molecule is COC(=O)Nc1cc(NC(=O)C=Cc2ccccc2OC(F)F)ccc1F. The number of alkyl halides is 2. The number of carbonyl (C=O) groups is 2. The summed E-state index contributed by atoms with van der Waals surface area (Å²) >= 11 is 0. The first kappa shape index (κ1) is 19.8. The molecule has 6 nitrogen and oxygen atoms in total. The first-order chi connectivity index (χ1) is 12.9. The highest BCUT2D eigenvalue weighted by Crippen LogP contribution is 2.22. The molecule has 0 saturated heterocycles. The number of benzene rings is 2. The first-order valence-electron chi connectivity index (χ1n) is 7.56. The van der Waals surface area contributed by atoms with E-state index in [9.17, 15) is 22.8 Å². The Labute approximate surface area is 152 Å². The molecule has 2 aromatic rings. The zero-order valence-corrected chi connectivity index (χ0v) is 14.0. The van der Waals surface area contributed by atoms with Crippen molar-refractivity contribution in [2.24, 2.45) is 0 Å². The van der Waals surface area contributed by atoms with Gasteiger partial charge in [0.1, 0.15) is 11.6 Å². The Hall–Kier alpha value is -3.49. The molecule has 2 N–H and O–H groups in total. The van der Waals surface area contributed by atoms with Crippen LogP contribution in [0.3, 0.4) is 0 Å². The summed E-state index contributed by atoms with van der Waals surface area (Å²) in [6.07, 6.45) is 1.53. The molecular formula is C18H15F3N2O4. The molecule has 0 aliphatic rings. The lowest BCUT2D eigenvalue weighted by Crippen LogP contribution is -2.13. The molecule has 0 fully saturated rings. The smallest absolute Gasteiger partial charge is 0.411 e. The van der Waals surface area contributed by atoms with Crippen LogP contribution < -0.4 is 15.4 Å². The number of methoxy groups -OCH3 is 1. The molecule has 27 heavy (non-hydrogen) atoms. The molecule has 2 amide bonds. The maximum atomic E-state index is 13.6. The molecule has 0 atom stereocenters. The van der Waals surface area contributed by atoms with E-state index in [0.717, 1.165) is 19.3 Å². The third-order valence-electron chi connectivity index (χ3n) is 3.21. The third-order valence-corrected chi connectivity index (χ3v) is 3.21. The number of hydrogen-bond donors (Lipinski definition) is 2. The van der Waals surface area contributed by atoms with Gasteiger partial charge in [-0.05, 0) is 30.3 Å². The van der Waals surface area contributed by atoms with E-state index in [1.54, 1.807) is 6.07 Å². The van der Waals surface area contributed by atoms with Crippen molar-refractivity contribution in [1.82, 2.24) is 0 Å². The van der Waals surface area contributed by atoms with E-state index in [1.165, 1.54) is 36.4 Å². The standard InChI is InChI=1S/C18H15F3N2O4/c1-26-18(25)23-14-10-12(7-8-13(14)19)22-16(24)9-6-11-4-2-3-5-15(11)27-17(20)21/h2-10,17H,1H3,(H,22,24)(H,23,25). The van der Waals surface area contributed by atoms with E-state index in [0.29, 0.717) is 0 Å². The van der Waals surface area contributed by atoms with Gasteiger partial charge in [0.15, 0.2) is 0 Å². The van der Waals surface area contributed by atoms with Gasteiger partial charge in [-0.25, -0.2) is 9.18 Å². The van der Waals surface area contributed by atoms with E-state index in [1.807, 2.05) is 0 Å². The van der Waals surface area contributed by atoms with E-state index >= 15 is 0 Å². The van der Waals surface area contributed by atoms with Crippen LogP contribution in [0.15, 0.2) is 48.5 Å². The van der Waals surface area contributed by atoms with Crippen molar-refractivity contribution in [2.75, 3.05) is 17.7 Å². The van der Waals surface area contributed by atoms with Crippen molar-refractivity contribution in [3.05, 3.63) is 59.9 Å². The number of halogens is 3. The summed E-state index contributed by atoms with van der Waals surface area (Å²) in [6.45, 7) is -2.99. The van der Waals surface area contributed by atoms with Crippen molar-refractivity contribution in [1.29, 1.82) is 0 Å². The van der Waals surface area contributed by atoms with Crippen LogP contribution in [0.5, 0.6) is 5.75 Å². The number of hydrogen-bond acceptors (Lipinski definition) is 4. The molecule has 0 spiro atoms. The Morgan fingerprint density at radius 1 is 1.11 bits per heavy atom. The molecule has 0 saturated carbocycles. The molecule has 0 bridgehead atoms. The van der Waals surface area contributed by atoms with Gasteiger partial charge in [0.2, 0.25) is 5.91 Å². The van der Waals surface area contributed by atoms with Gasteiger partial charge in [0.25, 0.3) is 0 Å². The number of ether oxygens (including phenoxy) is 2. The van der Waals surface area contributed by atoms with Crippen molar-refractivity contribution < 1.29 is 32.2 Å². The Morgan fingerprint density at radius 3 is 2.56 bits per heavy atom. The molecule has 0 unspecified atom stereocenters. The largest absolute Gasteiger partial charge is 0.453 e.